The summed E-state index contributed by atoms with van der Waals surface area (Å²) in [5.41, 5.74) is 1.26. The third-order valence-electron chi connectivity index (χ3n) is 4.35. The SMILES string of the molecule is O=C(c1cc(F)ccc1Br)N1CCN(Cc2cccc([N+](=O)[O-])c2)CC1. The van der Waals surface area contributed by atoms with Crippen LogP contribution in [-0.4, -0.2) is 46.8 Å². The van der Waals surface area contributed by atoms with Gasteiger partial charge in [0.1, 0.15) is 5.82 Å². The standard InChI is InChI=1S/C18H17BrFN3O3/c19-17-5-4-14(20)11-16(17)18(24)22-8-6-21(7-9-22)12-13-2-1-3-15(10-13)23(25)26/h1-5,10-11H,6-9,12H2. The summed E-state index contributed by atoms with van der Waals surface area (Å²) in [4.78, 5) is 26.9. The molecule has 1 amide bonds. The first-order chi connectivity index (χ1) is 12.4. The van der Waals surface area contributed by atoms with Crippen molar-refractivity contribution in [3.05, 3.63) is 74.0 Å². The van der Waals surface area contributed by atoms with Crippen molar-refractivity contribution in [3.8, 4) is 0 Å². The molecule has 2 aromatic rings. The molecule has 1 aliphatic rings. The molecule has 2 aromatic carbocycles. The summed E-state index contributed by atoms with van der Waals surface area (Å²) in [5, 5.41) is 10.9. The molecule has 0 aliphatic carbocycles. The van der Waals surface area contributed by atoms with Crippen molar-refractivity contribution < 1.29 is 14.1 Å². The summed E-state index contributed by atoms with van der Waals surface area (Å²) in [6.45, 7) is 2.95. The Hall–Kier alpha value is -2.32. The number of halogens is 2. The first kappa shape index (κ1) is 18.5. The molecule has 0 bridgehead atoms. The van der Waals surface area contributed by atoms with Crippen LogP contribution in [0.1, 0.15) is 15.9 Å². The minimum atomic E-state index is -0.444. The lowest BCUT2D eigenvalue weighted by Gasteiger charge is -2.35. The van der Waals surface area contributed by atoms with Crippen LogP contribution < -0.4 is 0 Å². The molecule has 6 nitrogen and oxygen atoms in total. The first-order valence-electron chi connectivity index (χ1n) is 8.14. The topological polar surface area (TPSA) is 66.7 Å². The molecule has 26 heavy (non-hydrogen) atoms. The number of nitro groups is 1. The second kappa shape index (κ2) is 7.92. The molecule has 0 radical (unpaired) electrons. The average Bonchev–Trinajstić information content (AvgIpc) is 2.64. The minimum Gasteiger partial charge on any atom is -0.336 e. The molecule has 0 aromatic heterocycles. The van der Waals surface area contributed by atoms with Crippen LogP contribution in [0.2, 0.25) is 0 Å². The molecule has 0 N–H and O–H groups in total. The Bertz CT molecular complexity index is 838. The largest absolute Gasteiger partial charge is 0.336 e. The van der Waals surface area contributed by atoms with Gasteiger partial charge in [0.2, 0.25) is 0 Å². The van der Waals surface area contributed by atoms with Crippen LogP contribution >= 0.6 is 15.9 Å². The molecule has 136 valence electrons. The number of nitrogens with zero attached hydrogens (tertiary/aromatic N) is 3. The van der Waals surface area contributed by atoms with E-state index >= 15 is 0 Å². The molecule has 3 rings (SSSR count). The number of hydrogen-bond donors (Lipinski definition) is 0. The van der Waals surface area contributed by atoms with Gasteiger partial charge in [0, 0.05) is 49.3 Å². The van der Waals surface area contributed by atoms with Gasteiger partial charge in [-0.3, -0.25) is 19.8 Å². The maximum absolute atomic E-state index is 13.4. The van der Waals surface area contributed by atoms with E-state index in [9.17, 15) is 19.3 Å². The summed E-state index contributed by atoms with van der Waals surface area (Å²) in [5.74, 6) is -0.646. The Labute approximate surface area is 158 Å². The van der Waals surface area contributed by atoms with Crippen molar-refractivity contribution in [3.63, 3.8) is 0 Å². The number of carbonyl (C=O) groups is 1. The van der Waals surface area contributed by atoms with Crippen molar-refractivity contribution in [1.29, 1.82) is 0 Å². The van der Waals surface area contributed by atoms with E-state index in [0.717, 1.165) is 5.56 Å². The first-order valence-corrected chi connectivity index (χ1v) is 8.93. The highest BCUT2D eigenvalue weighted by Gasteiger charge is 2.24. The molecule has 1 aliphatic heterocycles. The van der Waals surface area contributed by atoms with Gasteiger partial charge in [0.15, 0.2) is 0 Å². The number of benzene rings is 2. The Balaban J connectivity index is 1.60. The van der Waals surface area contributed by atoms with Gasteiger partial charge in [-0.15, -0.1) is 0 Å². The molecule has 0 spiro atoms. The van der Waals surface area contributed by atoms with E-state index in [4.69, 9.17) is 0 Å². The summed E-state index contributed by atoms with van der Waals surface area (Å²) in [7, 11) is 0. The predicted molar refractivity (Wildman–Crippen MR) is 98.4 cm³/mol. The van der Waals surface area contributed by atoms with Crippen LogP contribution in [0.4, 0.5) is 10.1 Å². The van der Waals surface area contributed by atoms with Crippen LogP contribution in [0.3, 0.4) is 0 Å². The summed E-state index contributed by atoms with van der Waals surface area (Å²) in [6.07, 6.45) is 0. The Morgan fingerprint density at radius 3 is 2.58 bits per heavy atom. The summed E-state index contributed by atoms with van der Waals surface area (Å²) in [6, 6.07) is 10.6. The van der Waals surface area contributed by atoms with Gasteiger partial charge < -0.3 is 4.90 Å². The lowest BCUT2D eigenvalue weighted by Crippen LogP contribution is -2.48. The van der Waals surface area contributed by atoms with Crippen molar-refractivity contribution in [2.75, 3.05) is 26.2 Å². The van der Waals surface area contributed by atoms with Crippen molar-refractivity contribution in [2.45, 2.75) is 6.54 Å². The van der Waals surface area contributed by atoms with E-state index in [2.05, 4.69) is 20.8 Å². The zero-order valence-electron chi connectivity index (χ0n) is 13.9. The van der Waals surface area contributed by atoms with Crippen LogP contribution in [0.25, 0.3) is 0 Å². The van der Waals surface area contributed by atoms with Crippen molar-refractivity contribution in [2.24, 2.45) is 0 Å². The second-order valence-electron chi connectivity index (χ2n) is 6.12. The van der Waals surface area contributed by atoms with E-state index in [1.165, 1.54) is 24.3 Å². The number of amides is 1. The van der Waals surface area contributed by atoms with Gasteiger partial charge in [0.25, 0.3) is 11.6 Å². The molecule has 1 saturated heterocycles. The van der Waals surface area contributed by atoms with E-state index in [-0.39, 0.29) is 11.6 Å². The van der Waals surface area contributed by atoms with E-state index in [0.29, 0.717) is 42.8 Å². The predicted octanol–water partition coefficient (Wildman–Crippen LogP) is 3.45. The van der Waals surface area contributed by atoms with Gasteiger partial charge in [0.05, 0.1) is 10.5 Å². The number of piperazine rings is 1. The van der Waals surface area contributed by atoms with E-state index in [1.54, 1.807) is 17.0 Å². The van der Waals surface area contributed by atoms with Crippen LogP contribution in [0.15, 0.2) is 46.9 Å². The Kier molecular flexibility index (Phi) is 5.63. The highest BCUT2D eigenvalue weighted by Crippen LogP contribution is 2.21. The lowest BCUT2D eigenvalue weighted by atomic mass is 10.1. The second-order valence-corrected chi connectivity index (χ2v) is 6.97. The highest BCUT2D eigenvalue weighted by atomic mass is 79.9. The molecule has 8 heteroatoms. The molecular formula is C18H17BrFN3O3. The van der Waals surface area contributed by atoms with Gasteiger partial charge in [-0.1, -0.05) is 12.1 Å². The van der Waals surface area contributed by atoms with Gasteiger partial charge in [-0.2, -0.15) is 0 Å². The average molecular weight is 422 g/mol. The molecule has 0 saturated carbocycles. The molecular weight excluding hydrogens is 405 g/mol. The Morgan fingerprint density at radius 1 is 1.15 bits per heavy atom. The monoisotopic (exact) mass is 421 g/mol. The van der Waals surface area contributed by atoms with Gasteiger partial charge in [-0.05, 0) is 39.7 Å². The fraction of sp³-hybridized carbons (Fsp3) is 0.278. The number of hydrogen-bond acceptors (Lipinski definition) is 4. The third-order valence-corrected chi connectivity index (χ3v) is 5.04. The van der Waals surface area contributed by atoms with Gasteiger partial charge >= 0.3 is 0 Å². The number of nitro benzene ring substituents is 1. The molecule has 1 fully saturated rings. The zero-order chi connectivity index (χ0) is 18.7. The molecule has 0 unspecified atom stereocenters. The van der Waals surface area contributed by atoms with Crippen LogP contribution in [-0.2, 0) is 6.54 Å². The smallest absolute Gasteiger partial charge is 0.269 e. The van der Waals surface area contributed by atoms with Crippen LogP contribution in [0, 0.1) is 15.9 Å². The molecule has 1 heterocycles. The van der Waals surface area contributed by atoms with Crippen LogP contribution in [0.5, 0.6) is 0 Å². The summed E-state index contributed by atoms with van der Waals surface area (Å²) < 4.78 is 14.0. The maximum atomic E-state index is 13.4. The minimum absolute atomic E-state index is 0.0762. The molecule has 0 atom stereocenters. The fourth-order valence-corrected chi connectivity index (χ4v) is 3.38. The third kappa shape index (κ3) is 4.25. The van der Waals surface area contributed by atoms with E-state index in [1.807, 2.05) is 6.07 Å². The van der Waals surface area contributed by atoms with Gasteiger partial charge in [-0.25, -0.2) is 4.39 Å². The Morgan fingerprint density at radius 2 is 1.88 bits per heavy atom. The number of carbonyl (C=O) groups excluding carboxylic acids is 1. The number of non-ortho nitro benzene ring substituents is 1. The maximum Gasteiger partial charge on any atom is 0.269 e. The zero-order valence-corrected chi connectivity index (χ0v) is 15.5. The lowest BCUT2D eigenvalue weighted by molar-refractivity contribution is -0.384. The number of rotatable bonds is 4. The van der Waals surface area contributed by atoms with Crippen molar-refractivity contribution in [1.82, 2.24) is 9.80 Å². The quantitative estimate of drug-likeness (QED) is 0.559. The van der Waals surface area contributed by atoms with Crippen molar-refractivity contribution >= 4 is 27.5 Å². The normalized spacial score (nSPS) is 15.1. The summed E-state index contributed by atoms with van der Waals surface area (Å²) >= 11 is 3.29. The fourth-order valence-electron chi connectivity index (χ4n) is 2.97. The van der Waals surface area contributed by atoms with E-state index < -0.39 is 10.7 Å². The highest BCUT2D eigenvalue weighted by molar-refractivity contribution is 9.10.